The maximum Gasteiger partial charge on any atom is 0.473 e. The fourth-order valence-electron chi connectivity index (χ4n) is 2.70. The van der Waals surface area contributed by atoms with Gasteiger partial charge < -0.3 is 10.2 Å². The third-order valence-corrected chi connectivity index (χ3v) is 5.21. The normalized spacial score (nSPS) is 22.3. The van der Waals surface area contributed by atoms with Gasteiger partial charge >= 0.3 is 7.82 Å². The molecule has 1 aromatic rings. The summed E-state index contributed by atoms with van der Waals surface area (Å²) >= 11 is 6.01. The average molecular weight is 379 g/mol. The van der Waals surface area contributed by atoms with Crippen molar-refractivity contribution in [1.29, 1.82) is 0 Å². The van der Waals surface area contributed by atoms with Gasteiger partial charge in [-0.25, -0.2) is 14.5 Å². The Morgan fingerprint density at radius 2 is 2.25 bits per heavy atom. The summed E-state index contributed by atoms with van der Waals surface area (Å²) in [5, 5.41) is 3.76. The van der Waals surface area contributed by atoms with E-state index in [1.807, 2.05) is 4.90 Å². The lowest BCUT2D eigenvalue weighted by Crippen LogP contribution is -2.55. The fourth-order valence-corrected chi connectivity index (χ4v) is 3.99. The van der Waals surface area contributed by atoms with Gasteiger partial charge in [0.25, 0.3) is 0 Å². The summed E-state index contributed by atoms with van der Waals surface area (Å²) in [7, 11) is -4.10. The lowest BCUT2D eigenvalue weighted by atomic mass is 10.1. The molecule has 1 aromatic heterocycles. The van der Waals surface area contributed by atoms with Gasteiger partial charge in [0, 0.05) is 19.6 Å². The van der Waals surface area contributed by atoms with Crippen molar-refractivity contribution >= 4 is 19.4 Å². The van der Waals surface area contributed by atoms with Crippen LogP contribution in [-0.4, -0.2) is 51.7 Å². The maximum atomic E-state index is 11.9. The molecule has 2 heterocycles. The van der Waals surface area contributed by atoms with Crippen molar-refractivity contribution < 1.29 is 18.5 Å². The highest BCUT2D eigenvalue weighted by molar-refractivity contribution is 7.47. The van der Waals surface area contributed by atoms with E-state index < -0.39 is 13.5 Å². The predicted molar refractivity (Wildman–Crippen MR) is 90.7 cm³/mol. The number of phosphoric acid groups is 1. The van der Waals surface area contributed by atoms with Gasteiger partial charge in [-0.3, -0.25) is 13.9 Å². The van der Waals surface area contributed by atoms with Crippen molar-refractivity contribution in [3.63, 3.8) is 0 Å². The molecule has 0 bridgehead atoms. The zero-order valence-corrected chi connectivity index (χ0v) is 16.0. The standard InChI is InChI=1S/C14H24ClN4O4P/c1-5-22-24(20,21)23-14(3,4)19-7-6-16-12(9-19)11-8-13(15)18-10(2)17-11/h8,12,16H,5-7,9H2,1-4H3,(H,20,21). The summed E-state index contributed by atoms with van der Waals surface area (Å²) in [6.45, 7) is 8.91. The monoisotopic (exact) mass is 378 g/mol. The molecule has 0 amide bonds. The second-order valence-electron chi connectivity index (χ2n) is 6.04. The van der Waals surface area contributed by atoms with Crippen molar-refractivity contribution in [3.05, 3.63) is 22.7 Å². The summed E-state index contributed by atoms with van der Waals surface area (Å²) in [6.07, 6.45) is 0. The predicted octanol–water partition coefficient (Wildman–Crippen LogP) is 2.27. The van der Waals surface area contributed by atoms with Crippen LogP contribution in [0.2, 0.25) is 5.15 Å². The number of piperazine rings is 1. The molecular formula is C14H24ClN4O4P. The molecule has 8 nitrogen and oxygen atoms in total. The zero-order valence-electron chi connectivity index (χ0n) is 14.3. The van der Waals surface area contributed by atoms with Gasteiger partial charge in [0.1, 0.15) is 16.7 Å². The summed E-state index contributed by atoms with van der Waals surface area (Å²) in [5.74, 6) is 0.600. The Labute approximate surface area is 147 Å². The molecular weight excluding hydrogens is 355 g/mol. The first-order valence-electron chi connectivity index (χ1n) is 7.80. The van der Waals surface area contributed by atoms with E-state index in [1.54, 1.807) is 33.8 Å². The molecule has 0 aromatic carbocycles. The number of nitrogens with one attached hydrogen (secondary N) is 1. The fraction of sp³-hybridized carbons (Fsp3) is 0.714. The molecule has 1 fully saturated rings. The van der Waals surface area contributed by atoms with E-state index in [0.717, 1.165) is 5.69 Å². The minimum absolute atomic E-state index is 0.0778. The first-order chi connectivity index (χ1) is 11.1. The Bertz CT molecular complexity index is 611. The number of rotatable bonds is 6. The van der Waals surface area contributed by atoms with Gasteiger partial charge in [-0.2, -0.15) is 0 Å². The van der Waals surface area contributed by atoms with E-state index in [2.05, 4.69) is 15.3 Å². The highest BCUT2D eigenvalue weighted by atomic mass is 35.5. The summed E-state index contributed by atoms with van der Waals surface area (Å²) < 4.78 is 22.1. The van der Waals surface area contributed by atoms with E-state index in [0.29, 0.717) is 30.6 Å². The van der Waals surface area contributed by atoms with Crippen LogP contribution in [0.5, 0.6) is 0 Å². The Balaban J connectivity index is 2.13. The second-order valence-corrected chi connectivity index (χ2v) is 7.80. The minimum Gasteiger partial charge on any atom is -0.306 e. The summed E-state index contributed by atoms with van der Waals surface area (Å²) in [6, 6.07) is 1.65. The van der Waals surface area contributed by atoms with Gasteiger partial charge in [0.2, 0.25) is 0 Å². The molecule has 2 unspecified atom stereocenters. The van der Waals surface area contributed by atoms with Crippen LogP contribution in [0.3, 0.4) is 0 Å². The number of aryl methyl sites for hydroxylation is 1. The van der Waals surface area contributed by atoms with Crippen molar-refractivity contribution in [2.24, 2.45) is 0 Å². The third kappa shape index (κ3) is 5.20. The molecule has 0 radical (unpaired) electrons. The smallest absolute Gasteiger partial charge is 0.306 e. The Morgan fingerprint density at radius 3 is 2.88 bits per heavy atom. The van der Waals surface area contributed by atoms with E-state index in [9.17, 15) is 9.46 Å². The topological polar surface area (TPSA) is 96.8 Å². The molecule has 2 rings (SSSR count). The van der Waals surface area contributed by atoms with E-state index in [1.165, 1.54) is 0 Å². The van der Waals surface area contributed by atoms with E-state index in [-0.39, 0.29) is 12.6 Å². The summed E-state index contributed by atoms with van der Waals surface area (Å²) in [5.41, 5.74) is -0.184. The number of hydrogen-bond donors (Lipinski definition) is 2. The highest BCUT2D eigenvalue weighted by Gasteiger charge is 2.39. The number of phosphoric ester groups is 1. The van der Waals surface area contributed by atoms with Crippen molar-refractivity contribution in [1.82, 2.24) is 20.2 Å². The molecule has 1 aliphatic heterocycles. The van der Waals surface area contributed by atoms with Crippen molar-refractivity contribution in [2.45, 2.75) is 39.5 Å². The molecule has 0 aliphatic carbocycles. The quantitative estimate of drug-likeness (QED) is 0.575. The largest absolute Gasteiger partial charge is 0.473 e. The van der Waals surface area contributed by atoms with Crippen molar-refractivity contribution in [3.8, 4) is 0 Å². The number of halogens is 1. The van der Waals surface area contributed by atoms with E-state index in [4.69, 9.17) is 20.6 Å². The molecule has 24 heavy (non-hydrogen) atoms. The molecule has 1 saturated heterocycles. The maximum absolute atomic E-state index is 11.9. The van der Waals surface area contributed by atoms with Crippen LogP contribution in [0, 0.1) is 6.92 Å². The van der Waals surface area contributed by atoms with Gasteiger partial charge in [0.05, 0.1) is 18.3 Å². The number of nitrogens with zero attached hydrogens (tertiary/aromatic N) is 3. The first-order valence-corrected chi connectivity index (χ1v) is 9.68. The van der Waals surface area contributed by atoms with Crippen LogP contribution in [0.1, 0.15) is 38.3 Å². The second kappa shape index (κ2) is 7.74. The van der Waals surface area contributed by atoms with Crippen LogP contribution >= 0.6 is 19.4 Å². The highest BCUT2D eigenvalue weighted by Crippen LogP contribution is 2.48. The minimum atomic E-state index is -4.10. The van der Waals surface area contributed by atoms with Crippen LogP contribution < -0.4 is 5.32 Å². The number of aromatic nitrogens is 2. The van der Waals surface area contributed by atoms with Gasteiger partial charge in [-0.15, -0.1) is 0 Å². The molecule has 1 aliphatic rings. The summed E-state index contributed by atoms with van der Waals surface area (Å²) in [4.78, 5) is 20.2. The van der Waals surface area contributed by atoms with Crippen LogP contribution in [0.25, 0.3) is 0 Å². The number of hydrogen-bond acceptors (Lipinski definition) is 7. The third-order valence-electron chi connectivity index (χ3n) is 3.75. The average Bonchev–Trinajstić information content (AvgIpc) is 2.45. The van der Waals surface area contributed by atoms with Gasteiger partial charge in [-0.1, -0.05) is 11.6 Å². The van der Waals surface area contributed by atoms with Gasteiger partial charge in [0.15, 0.2) is 0 Å². The molecule has 136 valence electrons. The first kappa shape index (κ1) is 19.7. The lowest BCUT2D eigenvalue weighted by molar-refractivity contribution is -0.0871. The van der Waals surface area contributed by atoms with E-state index >= 15 is 0 Å². The molecule has 10 heteroatoms. The zero-order chi connectivity index (χ0) is 18.0. The van der Waals surface area contributed by atoms with Crippen LogP contribution in [0.15, 0.2) is 6.07 Å². The van der Waals surface area contributed by atoms with Crippen LogP contribution in [0.4, 0.5) is 0 Å². The van der Waals surface area contributed by atoms with Gasteiger partial charge in [-0.05, 0) is 33.8 Å². The Morgan fingerprint density at radius 1 is 1.54 bits per heavy atom. The molecule has 0 spiro atoms. The van der Waals surface area contributed by atoms with Crippen LogP contribution in [-0.2, 0) is 13.6 Å². The van der Waals surface area contributed by atoms with Crippen molar-refractivity contribution in [2.75, 3.05) is 26.2 Å². The lowest BCUT2D eigenvalue weighted by Gasteiger charge is -2.43. The Kier molecular flexibility index (Phi) is 6.36. The SMILES string of the molecule is CCOP(=O)(O)OC(C)(C)N1CCNC(c2cc(Cl)nc(C)n2)C1. The molecule has 2 N–H and O–H groups in total. The molecule has 0 saturated carbocycles. The molecule has 2 atom stereocenters. The Hall–Kier alpha value is -0.600.